The van der Waals surface area contributed by atoms with Crippen LogP contribution in [0.2, 0.25) is 0 Å². The van der Waals surface area contributed by atoms with Crippen LogP contribution in [0, 0.1) is 23.2 Å². The summed E-state index contributed by atoms with van der Waals surface area (Å²) in [5, 5.41) is 48.6. The molecule has 11 heteroatoms. The number of rotatable bonds is 13. The SMILES string of the molecule is C=C(/C=C/C=C(/CO)[C@H]1C[C@H]2CSSCC/C(C(=O)Cc3cccc4c3OC(=O)N[C@@H]4N)=C3\CC[C@@](C)(O)[C@]2([C@@H]3CCCO)[C@@H]1O)CCC=C(C)C. The van der Waals surface area contributed by atoms with Gasteiger partial charge in [-0.3, -0.25) is 4.79 Å². The van der Waals surface area contributed by atoms with E-state index in [-0.39, 0.29) is 37.3 Å². The molecule has 0 saturated heterocycles. The number of carbonyl (C=O) groups excluding carboxylic acids is 2. The van der Waals surface area contributed by atoms with Gasteiger partial charge in [0.05, 0.1) is 18.3 Å². The van der Waals surface area contributed by atoms with Gasteiger partial charge in [-0.1, -0.05) is 87.4 Å². The lowest BCUT2D eigenvalue weighted by Gasteiger charge is -2.58. The number of amides is 1. The number of para-hydroxylation sites is 1. The lowest BCUT2D eigenvalue weighted by molar-refractivity contribution is -0.184. The monoisotopic (exact) mass is 752 g/mol. The van der Waals surface area contributed by atoms with Crippen molar-refractivity contribution in [2.75, 3.05) is 24.7 Å². The van der Waals surface area contributed by atoms with E-state index >= 15 is 0 Å². The number of ether oxygens (including phenoxy) is 1. The van der Waals surface area contributed by atoms with E-state index in [0.717, 1.165) is 24.0 Å². The van der Waals surface area contributed by atoms with Crippen LogP contribution >= 0.6 is 21.6 Å². The Balaban J connectivity index is 1.55. The molecule has 0 aromatic heterocycles. The molecular weight excluding hydrogens is 697 g/mol. The molecule has 1 aromatic rings. The molecule has 0 radical (unpaired) electrons. The number of benzene rings is 1. The highest BCUT2D eigenvalue weighted by molar-refractivity contribution is 8.76. The second-order valence-corrected chi connectivity index (χ2v) is 17.8. The van der Waals surface area contributed by atoms with Gasteiger partial charge < -0.3 is 36.2 Å². The molecule has 2 fully saturated rings. The minimum atomic E-state index is -1.28. The minimum absolute atomic E-state index is 0.00784. The van der Waals surface area contributed by atoms with Crippen molar-refractivity contribution in [2.45, 2.75) is 96.4 Å². The molecule has 2 heterocycles. The lowest BCUT2D eigenvalue weighted by atomic mass is 9.49. The zero-order valence-corrected chi connectivity index (χ0v) is 32.4. The number of nitrogens with two attached hydrogens (primary N) is 1. The Morgan fingerprint density at radius 2 is 2.00 bits per heavy atom. The highest BCUT2D eigenvalue weighted by Crippen LogP contribution is 2.66. The Kier molecular flexibility index (Phi) is 13.8. The molecule has 1 spiro atoms. The van der Waals surface area contributed by atoms with Gasteiger partial charge >= 0.3 is 6.09 Å². The Hall–Kier alpha value is -2.64. The van der Waals surface area contributed by atoms with Gasteiger partial charge in [0.25, 0.3) is 0 Å². The van der Waals surface area contributed by atoms with E-state index in [4.69, 9.17) is 10.5 Å². The van der Waals surface area contributed by atoms with Crippen molar-refractivity contribution in [3.8, 4) is 5.75 Å². The van der Waals surface area contributed by atoms with Gasteiger partial charge in [0.1, 0.15) is 11.9 Å². The van der Waals surface area contributed by atoms with Crippen molar-refractivity contribution in [3.63, 3.8) is 0 Å². The third kappa shape index (κ3) is 8.36. The van der Waals surface area contributed by atoms with E-state index < -0.39 is 35.3 Å². The topological polar surface area (TPSA) is 162 Å². The fraction of sp³-hybridized carbons (Fsp3) is 0.561. The number of allylic oxidation sites excluding steroid dienone is 8. The molecule has 284 valence electrons. The van der Waals surface area contributed by atoms with Crippen LogP contribution in [-0.4, -0.2) is 68.7 Å². The zero-order chi connectivity index (χ0) is 37.6. The largest absolute Gasteiger partial charge is 0.414 e. The molecule has 0 unspecified atom stereocenters. The first-order valence-electron chi connectivity index (χ1n) is 18.5. The molecule has 9 nitrogen and oxygen atoms in total. The van der Waals surface area contributed by atoms with Crippen molar-refractivity contribution in [3.05, 3.63) is 88.1 Å². The first-order valence-corrected chi connectivity index (χ1v) is 21.0. The van der Waals surface area contributed by atoms with Gasteiger partial charge in [-0.25, -0.2) is 4.79 Å². The van der Waals surface area contributed by atoms with Crippen LogP contribution in [-0.2, 0) is 11.2 Å². The maximum Gasteiger partial charge on any atom is 0.414 e. The third-order valence-electron chi connectivity index (χ3n) is 11.7. The number of aliphatic hydroxyl groups excluding tert-OH is 3. The van der Waals surface area contributed by atoms with E-state index in [0.29, 0.717) is 78.1 Å². The second-order valence-electron chi connectivity index (χ2n) is 15.2. The summed E-state index contributed by atoms with van der Waals surface area (Å²) in [6.45, 7) is 9.87. The standard InChI is InChI=1S/C41H56N2O7S2/c1-25(2)9-5-10-26(3)11-6-13-28(23-45)33-22-29-24-52-51-20-17-31(30-16-18-40(4,49)41(29,37(33)47)34(30)15-8-19-44)35(46)21-27-12-7-14-32-36(27)50-39(48)43-38(32)42/h6-7,9,11-14,29,33-34,37-38,44-45,47,49H,3,5,8,10,15-24,42H2,1-2,4H3,(H,43,48)/b11-6+,28-13-,31-30-/t29-,33+,34+,37+,38-,40+,41+/m0/s1. The first kappa shape index (κ1) is 40.5. The number of ketones is 1. The van der Waals surface area contributed by atoms with Gasteiger partial charge in [0, 0.05) is 47.0 Å². The third-order valence-corrected chi connectivity index (χ3v) is 14.1. The van der Waals surface area contributed by atoms with Gasteiger partial charge in [-0.05, 0) is 95.1 Å². The van der Waals surface area contributed by atoms with Crippen LogP contribution in [0.5, 0.6) is 5.75 Å². The van der Waals surface area contributed by atoms with Crippen LogP contribution in [0.3, 0.4) is 0 Å². The summed E-state index contributed by atoms with van der Waals surface area (Å²) in [7, 11) is 3.40. The average Bonchev–Trinajstić information content (AvgIpc) is 3.38. The summed E-state index contributed by atoms with van der Waals surface area (Å²) in [5.41, 5.74) is 9.63. The summed E-state index contributed by atoms with van der Waals surface area (Å²) in [6.07, 6.45) is 10.1. The Morgan fingerprint density at radius 1 is 1.21 bits per heavy atom. The van der Waals surface area contributed by atoms with Crippen molar-refractivity contribution >= 4 is 33.5 Å². The van der Waals surface area contributed by atoms with Crippen molar-refractivity contribution < 1.29 is 34.8 Å². The molecule has 52 heavy (non-hydrogen) atoms. The molecule has 2 aliphatic heterocycles. The molecule has 7 N–H and O–H groups in total. The summed E-state index contributed by atoms with van der Waals surface area (Å²) in [4.78, 5) is 26.8. The fourth-order valence-electron chi connectivity index (χ4n) is 9.28. The van der Waals surface area contributed by atoms with Gasteiger partial charge in [0.2, 0.25) is 0 Å². The minimum Gasteiger partial charge on any atom is -0.410 e. The molecule has 2 aliphatic carbocycles. The van der Waals surface area contributed by atoms with E-state index in [1.807, 2.05) is 25.2 Å². The predicted octanol–water partition coefficient (Wildman–Crippen LogP) is 6.63. The molecule has 2 saturated carbocycles. The maximum atomic E-state index is 14.5. The quantitative estimate of drug-likeness (QED) is 0.0733. The van der Waals surface area contributed by atoms with Crippen molar-refractivity contribution in [2.24, 2.45) is 28.9 Å². The van der Waals surface area contributed by atoms with Crippen LogP contribution in [0.15, 0.2) is 76.9 Å². The molecule has 1 amide bonds. The molecule has 4 aliphatic rings. The van der Waals surface area contributed by atoms with E-state index in [2.05, 4.69) is 31.8 Å². The number of Topliss-reactive ketones (excluding diaryl/α,β-unsaturated/α-hetero) is 1. The molecular formula is C41H56N2O7S2. The highest BCUT2D eigenvalue weighted by atomic mass is 33.1. The Labute approximate surface area is 316 Å². The van der Waals surface area contributed by atoms with Gasteiger partial charge in [0.15, 0.2) is 5.78 Å². The second kappa shape index (κ2) is 17.7. The van der Waals surface area contributed by atoms with Crippen LogP contribution in [0.25, 0.3) is 0 Å². The van der Waals surface area contributed by atoms with Crippen molar-refractivity contribution in [1.29, 1.82) is 0 Å². The average molecular weight is 753 g/mol. The van der Waals surface area contributed by atoms with Gasteiger partial charge in [-0.15, -0.1) is 0 Å². The van der Waals surface area contributed by atoms with Crippen LogP contribution in [0.4, 0.5) is 4.79 Å². The zero-order valence-electron chi connectivity index (χ0n) is 30.7. The summed E-state index contributed by atoms with van der Waals surface area (Å²) in [6, 6.07) is 5.36. The summed E-state index contributed by atoms with van der Waals surface area (Å²) in [5.74, 6) is 0.731. The van der Waals surface area contributed by atoms with E-state index in [1.54, 1.807) is 39.8 Å². The van der Waals surface area contributed by atoms with Gasteiger partial charge in [-0.2, -0.15) is 0 Å². The molecule has 7 atom stereocenters. The summed E-state index contributed by atoms with van der Waals surface area (Å²) < 4.78 is 5.53. The normalized spacial score (nSPS) is 32.0. The van der Waals surface area contributed by atoms with Crippen LogP contribution in [0.1, 0.15) is 89.4 Å². The number of hydrogen-bond acceptors (Lipinski definition) is 10. The van der Waals surface area contributed by atoms with E-state index in [1.165, 1.54) is 5.57 Å². The number of fused-ring (bicyclic) bond motifs is 2. The number of carbonyl (C=O) groups is 2. The smallest absolute Gasteiger partial charge is 0.410 e. The predicted molar refractivity (Wildman–Crippen MR) is 210 cm³/mol. The number of nitrogens with one attached hydrogen (secondary N) is 1. The first-order chi connectivity index (χ1) is 24.8. The Morgan fingerprint density at radius 3 is 2.73 bits per heavy atom. The molecule has 1 aromatic carbocycles. The maximum absolute atomic E-state index is 14.5. The van der Waals surface area contributed by atoms with E-state index in [9.17, 15) is 30.0 Å². The number of aliphatic hydroxyl groups is 4. The molecule has 5 rings (SSSR count). The van der Waals surface area contributed by atoms with Crippen LogP contribution < -0.4 is 15.8 Å². The molecule has 2 bridgehead atoms. The van der Waals surface area contributed by atoms with Crippen molar-refractivity contribution in [1.82, 2.24) is 5.32 Å². The summed E-state index contributed by atoms with van der Waals surface area (Å²) >= 11 is 0. The highest BCUT2D eigenvalue weighted by Gasteiger charge is 2.68. The Bertz CT molecular complexity index is 1630. The lowest BCUT2D eigenvalue weighted by Crippen LogP contribution is -2.62. The fourth-order valence-corrected chi connectivity index (χ4v) is 11.7. The number of hydrogen-bond donors (Lipinski definition) is 6.